The van der Waals surface area contributed by atoms with Gasteiger partial charge in [0.25, 0.3) is 5.91 Å². The van der Waals surface area contributed by atoms with Gasteiger partial charge in [0.2, 0.25) is 0 Å². The highest BCUT2D eigenvalue weighted by atomic mass is 16.5. The number of ketones is 1. The number of para-hydroxylation sites is 1. The van der Waals surface area contributed by atoms with E-state index in [2.05, 4.69) is 5.32 Å². The Kier molecular flexibility index (Phi) is 4.16. The molecule has 132 valence electrons. The van der Waals surface area contributed by atoms with E-state index in [9.17, 15) is 14.4 Å². The Morgan fingerprint density at radius 2 is 1.88 bits per heavy atom. The van der Waals surface area contributed by atoms with Crippen molar-refractivity contribution in [3.63, 3.8) is 0 Å². The van der Waals surface area contributed by atoms with Gasteiger partial charge in [-0.05, 0) is 29.2 Å². The Morgan fingerprint density at radius 3 is 2.62 bits per heavy atom. The van der Waals surface area contributed by atoms with E-state index < -0.39 is 5.97 Å². The minimum absolute atomic E-state index is 0.0650. The van der Waals surface area contributed by atoms with Gasteiger partial charge in [-0.2, -0.15) is 0 Å². The maximum Gasteiger partial charge on any atom is 0.340 e. The predicted octanol–water partition coefficient (Wildman–Crippen LogP) is 2.82. The summed E-state index contributed by atoms with van der Waals surface area (Å²) in [6.45, 7) is 0.0611. The number of esters is 1. The van der Waals surface area contributed by atoms with Crippen LogP contribution in [0.25, 0.3) is 0 Å². The first-order valence-electron chi connectivity index (χ1n) is 8.43. The molecule has 1 saturated carbocycles. The van der Waals surface area contributed by atoms with E-state index in [-0.39, 0.29) is 24.7 Å². The lowest BCUT2D eigenvalue weighted by atomic mass is 9.79. The largest absolute Gasteiger partial charge is 0.482 e. The number of anilines is 1. The molecular formula is C20H17NO5. The molecular weight excluding hydrogens is 334 g/mol. The molecule has 2 aromatic rings. The molecule has 0 spiro atoms. The highest BCUT2D eigenvalue weighted by Crippen LogP contribution is 2.34. The maximum absolute atomic E-state index is 12.4. The molecule has 1 aliphatic carbocycles. The molecule has 0 atom stereocenters. The minimum Gasteiger partial charge on any atom is -0.482 e. The molecule has 1 amide bonds. The molecule has 6 nitrogen and oxygen atoms in total. The van der Waals surface area contributed by atoms with Crippen molar-refractivity contribution < 1.29 is 23.9 Å². The van der Waals surface area contributed by atoms with Crippen LogP contribution in [0.3, 0.4) is 0 Å². The topological polar surface area (TPSA) is 81.7 Å². The summed E-state index contributed by atoms with van der Waals surface area (Å²) in [6.07, 6.45) is 1.22. The molecule has 26 heavy (non-hydrogen) atoms. The summed E-state index contributed by atoms with van der Waals surface area (Å²) >= 11 is 0. The van der Waals surface area contributed by atoms with E-state index >= 15 is 0 Å². The van der Waals surface area contributed by atoms with Gasteiger partial charge in [0, 0.05) is 12.8 Å². The molecule has 2 aromatic carbocycles. The number of amides is 1. The molecule has 0 saturated heterocycles. The number of benzene rings is 2. The van der Waals surface area contributed by atoms with Gasteiger partial charge in [-0.15, -0.1) is 0 Å². The van der Waals surface area contributed by atoms with Gasteiger partial charge in [-0.25, -0.2) is 4.79 Å². The third kappa shape index (κ3) is 3.18. The van der Waals surface area contributed by atoms with Gasteiger partial charge >= 0.3 is 5.97 Å². The van der Waals surface area contributed by atoms with Crippen LogP contribution in [-0.2, 0) is 20.9 Å². The van der Waals surface area contributed by atoms with Crippen molar-refractivity contribution in [3.05, 3.63) is 59.2 Å². The van der Waals surface area contributed by atoms with Crippen LogP contribution < -0.4 is 10.1 Å². The average molecular weight is 351 g/mol. The van der Waals surface area contributed by atoms with Gasteiger partial charge in [0.05, 0.1) is 11.3 Å². The van der Waals surface area contributed by atoms with Crippen LogP contribution >= 0.6 is 0 Å². The van der Waals surface area contributed by atoms with Crippen LogP contribution in [0.2, 0.25) is 0 Å². The lowest BCUT2D eigenvalue weighted by Crippen LogP contribution is -2.27. The summed E-state index contributed by atoms with van der Waals surface area (Å²) in [5.41, 5.74) is 2.61. The Morgan fingerprint density at radius 1 is 1.12 bits per heavy atom. The highest BCUT2D eigenvalue weighted by molar-refractivity contribution is 6.04. The molecule has 0 bridgehead atoms. The van der Waals surface area contributed by atoms with E-state index in [1.165, 1.54) is 0 Å². The van der Waals surface area contributed by atoms with Gasteiger partial charge < -0.3 is 14.8 Å². The molecule has 0 radical (unpaired) electrons. The number of carbonyl (C=O) groups excluding carboxylic acids is 3. The fourth-order valence-electron chi connectivity index (χ4n) is 3.11. The van der Waals surface area contributed by atoms with Gasteiger partial charge in [-0.1, -0.05) is 30.3 Å². The number of ether oxygens (including phenoxy) is 2. The number of hydrogen-bond acceptors (Lipinski definition) is 5. The lowest BCUT2D eigenvalue weighted by Gasteiger charge is -2.24. The molecule has 1 heterocycles. The number of hydrogen-bond donors (Lipinski definition) is 1. The smallest absolute Gasteiger partial charge is 0.340 e. The van der Waals surface area contributed by atoms with Gasteiger partial charge in [0.1, 0.15) is 18.1 Å². The van der Waals surface area contributed by atoms with Crippen LogP contribution in [-0.4, -0.2) is 24.3 Å². The summed E-state index contributed by atoms with van der Waals surface area (Å²) in [6, 6.07) is 12.7. The first-order valence-corrected chi connectivity index (χ1v) is 8.43. The predicted molar refractivity (Wildman–Crippen MR) is 93.1 cm³/mol. The third-order valence-electron chi connectivity index (χ3n) is 4.64. The zero-order valence-corrected chi connectivity index (χ0v) is 14.0. The Bertz CT molecular complexity index is 880. The zero-order chi connectivity index (χ0) is 18.1. The second-order valence-corrected chi connectivity index (χ2v) is 6.48. The van der Waals surface area contributed by atoms with E-state index in [4.69, 9.17) is 9.47 Å². The van der Waals surface area contributed by atoms with Crippen molar-refractivity contribution in [1.82, 2.24) is 0 Å². The Hall–Kier alpha value is -3.15. The van der Waals surface area contributed by atoms with Crippen molar-refractivity contribution in [1.29, 1.82) is 0 Å². The standard InChI is InChI=1S/C20H17NO5/c22-15-8-14(9-15)13-6-4-12(5-7-13)10-26-20(24)16-2-1-3-17-19(16)21-18(23)11-25-17/h1-7,14H,8-11H2,(H,21,23). The van der Waals surface area contributed by atoms with Gasteiger partial charge in [0.15, 0.2) is 6.61 Å². The molecule has 1 N–H and O–H groups in total. The normalized spacial score (nSPS) is 16.2. The molecule has 6 heteroatoms. The Labute approximate surface area is 150 Å². The second-order valence-electron chi connectivity index (χ2n) is 6.48. The first-order chi connectivity index (χ1) is 12.6. The summed E-state index contributed by atoms with van der Waals surface area (Å²) < 4.78 is 10.7. The summed E-state index contributed by atoms with van der Waals surface area (Å²) in [4.78, 5) is 35.0. The van der Waals surface area contributed by atoms with Crippen LogP contribution in [0.1, 0.15) is 40.2 Å². The van der Waals surface area contributed by atoms with Crippen LogP contribution in [0.5, 0.6) is 5.75 Å². The SMILES string of the molecule is O=C1CC(c2ccc(COC(=O)c3cccc4c3NC(=O)CO4)cc2)C1. The molecule has 4 rings (SSSR count). The second kappa shape index (κ2) is 6.63. The van der Waals surface area contributed by atoms with E-state index in [1.807, 2.05) is 24.3 Å². The summed E-state index contributed by atoms with van der Waals surface area (Å²) in [7, 11) is 0. The van der Waals surface area contributed by atoms with Crippen LogP contribution in [0, 0.1) is 0 Å². The monoisotopic (exact) mass is 351 g/mol. The number of carbonyl (C=O) groups is 3. The van der Waals surface area contributed by atoms with Crippen molar-refractivity contribution in [2.75, 3.05) is 11.9 Å². The van der Waals surface area contributed by atoms with Crippen molar-refractivity contribution in [2.24, 2.45) is 0 Å². The number of Topliss-reactive ketones (excluding diaryl/α,β-unsaturated/α-hetero) is 1. The average Bonchev–Trinajstić information content (AvgIpc) is 2.63. The Balaban J connectivity index is 1.41. The molecule has 2 aliphatic rings. The van der Waals surface area contributed by atoms with Crippen molar-refractivity contribution in [3.8, 4) is 5.75 Å². The van der Waals surface area contributed by atoms with Crippen molar-refractivity contribution in [2.45, 2.75) is 25.4 Å². The molecule has 0 unspecified atom stereocenters. The lowest BCUT2D eigenvalue weighted by molar-refractivity contribution is -0.124. The fourth-order valence-corrected chi connectivity index (χ4v) is 3.11. The maximum atomic E-state index is 12.4. The van der Waals surface area contributed by atoms with Crippen LogP contribution in [0.4, 0.5) is 5.69 Å². The van der Waals surface area contributed by atoms with E-state index in [1.54, 1.807) is 18.2 Å². The molecule has 1 fully saturated rings. The van der Waals surface area contributed by atoms with E-state index in [0.717, 1.165) is 11.1 Å². The summed E-state index contributed by atoms with van der Waals surface area (Å²) in [5.74, 6) is 0.247. The minimum atomic E-state index is -0.527. The third-order valence-corrected chi connectivity index (χ3v) is 4.64. The quantitative estimate of drug-likeness (QED) is 0.857. The zero-order valence-electron chi connectivity index (χ0n) is 14.0. The van der Waals surface area contributed by atoms with Crippen LogP contribution in [0.15, 0.2) is 42.5 Å². The number of fused-ring (bicyclic) bond motifs is 1. The highest BCUT2D eigenvalue weighted by Gasteiger charge is 2.27. The number of nitrogens with one attached hydrogen (secondary N) is 1. The molecule has 0 aromatic heterocycles. The number of rotatable bonds is 4. The first kappa shape index (κ1) is 16.3. The molecule has 1 aliphatic heterocycles. The summed E-state index contributed by atoms with van der Waals surface area (Å²) in [5, 5.41) is 2.65. The van der Waals surface area contributed by atoms with Gasteiger partial charge in [-0.3, -0.25) is 9.59 Å². The van der Waals surface area contributed by atoms with E-state index in [0.29, 0.717) is 36.0 Å². The van der Waals surface area contributed by atoms with Crippen molar-refractivity contribution >= 4 is 23.3 Å². The fraction of sp³-hybridized carbons (Fsp3) is 0.250.